The van der Waals surface area contributed by atoms with Crippen molar-refractivity contribution in [1.29, 1.82) is 0 Å². The minimum absolute atomic E-state index is 0.446. The van der Waals surface area contributed by atoms with Gasteiger partial charge in [0.05, 0.1) is 0 Å². The molecule has 0 aromatic heterocycles. The van der Waals surface area contributed by atoms with Gasteiger partial charge < -0.3 is 5.73 Å². The molecule has 0 fully saturated rings. The topological polar surface area (TPSA) is 55.4 Å². The Morgan fingerprint density at radius 1 is 1.56 bits per heavy atom. The van der Waals surface area contributed by atoms with Gasteiger partial charge in [0.1, 0.15) is 0 Å². The molecule has 3 nitrogen and oxygen atoms in total. The van der Waals surface area contributed by atoms with Gasteiger partial charge in [-0.25, -0.2) is 0 Å². The van der Waals surface area contributed by atoms with Crippen LogP contribution in [-0.4, -0.2) is 18.7 Å². The van der Waals surface area contributed by atoms with Crippen molar-refractivity contribution >= 4 is 11.6 Å². The number of hydrogen-bond donors (Lipinski definition) is 1. The number of carbonyl (C=O) groups is 1. The van der Waals surface area contributed by atoms with Gasteiger partial charge in [-0.2, -0.15) is 0 Å². The maximum atomic E-state index is 10.1. The Balaban J connectivity index is 3.86. The van der Waals surface area contributed by atoms with Crippen LogP contribution in [0.5, 0.6) is 0 Å². The van der Waals surface area contributed by atoms with Crippen LogP contribution in [0.4, 0.5) is 0 Å². The highest BCUT2D eigenvalue weighted by Gasteiger charge is 1.82. The predicted molar refractivity (Wildman–Crippen MR) is 37.4 cm³/mol. The number of nitrogens with two attached hydrogens (primary N) is 1. The van der Waals surface area contributed by atoms with E-state index in [1.165, 1.54) is 6.08 Å². The van der Waals surface area contributed by atoms with Crippen LogP contribution in [0, 0.1) is 0 Å². The zero-order valence-corrected chi connectivity index (χ0v) is 5.59. The highest BCUT2D eigenvalue weighted by molar-refractivity contribution is 5.98. The van der Waals surface area contributed by atoms with Gasteiger partial charge in [0.2, 0.25) is 5.91 Å². The molecule has 0 saturated carbocycles. The normalized spacial score (nSPS) is 12.4. The van der Waals surface area contributed by atoms with Crippen LogP contribution in [0.1, 0.15) is 6.92 Å². The van der Waals surface area contributed by atoms with Gasteiger partial charge in [0.15, 0.2) is 0 Å². The van der Waals surface area contributed by atoms with Gasteiger partial charge in [-0.3, -0.25) is 9.79 Å². The highest BCUT2D eigenvalue weighted by atomic mass is 16.1. The Hall–Kier alpha value is -1.12. The van der Waals surface area contributed by atoms with Crippen molar-refractivity contribution in [2.75, 3.05) is 7.05 Å². The van der Waals surface area contributed by atoms with E-state index in [1.54, 1.807) is 20.0 Å². The summed E-state index contributed by atoms with van der Waals surface area (Å²) in [7, 11) is 1.65. The molecule has 0 rings (SSSR count). The monoisotopic (exact) mass is 126 g/mol. The number of rotatable bonds is 2. The van der Waals surface area contributed by atoms with Gasteiger partial charge in [0, 0.05) is 18.8 Å². The number of carbonyl (C=O) groups excluding carboxylic acids is 1. The molecule has 0 aliphatic rings. The summed E-state index contributed by atoms with van der Waals surface area (Å²) in [5.74, 6) is -0.446. The van der Waals surface area contributed by atoms with Crippen LogP contribution in [-0.2, 0) is 4.79 Å². The lowest BCUT2D eigenvalue weighted by Crippen LogP contribution is -2.06. The van der Waals surface area contributed by atoms with E-state index in [0.717, 1.165) is 5.71 Å². The second-order valence-electron chi connectivity index (χ2n) is 1.60. The first-order valence-electron chi connectivity index (χ1n) is 2.57. The largest absolute Gasteiger partial charge is 0.366 e. The molecule has 50 valence electrons. The fourth-order valence-electron chi connectivity index (χ4n) is 0.277. The van der Waals surface area contributed by atoms with Gasteiger partial charge in [-0.15, -0.1) is 0 Å². The molecule has 0 bridgehead atoms. The van der Waals surface area contributed by atoms with E-state index in [-0.39, 0.29) is 0 Å². The smallest absolute Gasteiger partial charge is 0.241 e. The summed E-state index contributed by atoms with van der Waals surface area (Å²) in [5.41, 5.74) is 5.60. The summed E-state index contributed by atoms with van der Waals surface area (Å²) >= 11 is 0. The molecule has 9 heavy (non-hydrogen) atoms. The zero-order chi connectivity index (χ0) is 7.28. The van der Waals surface area contributed by atoms with Gasteiger partial charge in [0.25, 0.3) is 0 Å². The van der Waals surface area contributed by atoms with E-state index in [4.69, 9.17) is 5.73 Å². The number of hydrogen-bond acceptors (Lipinski definition) is 2. The molecule has 0 heterocycles. The standard InChI is InChI=1S/C6H10N2O/c1-5(8-2)3-4-6(7)9/h3-4H,1-2H3,(H2,7,9)/b4-3+,8-5?. The van der Waals surface area contributed by atoms with E-state index in [0.29, 0.717) is 0 Å². The van der Waals surface area contributed by atoms with Crippen LogP contribution in [0.2, 0.25) is 0 Å². The van der Waals surface area contributed by atoms with Crippen molar-refractivity contribution in [2.24, 2.45) is 10.7 Å². The molecule has 0 spiro atoms. The zero-order valence-electron chi connectivity index (χ0n) is 5.59. The third-order valence-corrected chi connectivity index (χ3v) is 0.842. The average Bonchev–Trinajstić information content (AvgIpc) is 1.83. The molecule has 0 aliphatic carbocycles. The first-order chi connectivity index (χ1) is 4.16. The van der Waals surface area contributed by atoms with E-state index in [9.17, 15) is 4.79 Å². The molecular weight excluding hydrogens is 116 g/mol. The number of allylic oxidation sites excluding steroid dienone is 1. The summed E-state index contributed by atoms with van der Waals surface area (Å²) in [6.45, 7) is 1.79. The predicted octanol–water partition coefficient (Wildman–Crippen LogP) is 0.119. The Morgan fingerprint density at radius 3 is 2.44 bits per heavy atom. The lowest BCUT2D eigenvalue weighted by molar-refractivity contribution is -0.113. The number of nitrogens with zero attached hydrogens (tertiary/aromatic N) is 1. The molecule has 0 aromatic carbocycles. The molecule has 0 saturated heterocycles. The van der Waals surface area contributed by atoms with Crippen molar-refractivity contribution in [1.82, 2.24) is 0 Å². The van der Waals surface area contributed by atoms with Crippen molar-refractivity contribution in [2.45, 2.75) is 6.92 Å². The molecule has 0 unspecified atom stereocenters. The second kappa shape index (κ2) is 3.83. The van der Waals surface area contributed by atoms with Gasteiger partial charge in [-0.05, 0) is 13.0 Å². The number of amides is 1. The summed E-state index contributed by atoms with van der Waals surface area (Å²) in [4.78, 5) is 13.9. The molecule has 3 heteroatoms. The third-order valence-electron chi connectivity index (χ3n) is 0.842. The van der Waals surface area contributed by atoms with Crippen LogP contribution in [0.3, 0.4) is 0 Å². The summed E-state index contributed by atoms with van der Waals surface area (Å²) in [5, 5.41) is 0. The van der Waals surface area contributed by atoms with Crippen molar-refractivity contribution in [3.05, 3.63) is 12.2 Å². The van der Waals surface area contributed by atoms with E-state index >= 15 is 0 Å². The van der Waals surface area contributed by atoms with E-state index < -0.39 is 5.91 Å². The minimum atomic E-state index is -0.446. The van der Waals surface area contributed by atoms with Crippen LogP contribution < -0.4 is 5.73 Å². The van der Waals surface area contributed by atoms with Crippen molar-refractivity contribution in [3.8, 4) is 0 Å². The first kappa shape index (κ1) is 7.88. The molecule has 2 N–H and O–H groups in total. The fourth-order valence-corrected chi connectivity index (χ4v) is 0.277. The Bertz CT molecular complexity index is 158. The fraction of sp³-hybridized carbons (Fsp3) is 0.333. The SMILES string of the molecule is CN=C(C)/C=C/C(N)=O. The molecule has 0 aromatic rings. The Kier molecular flexibility index (Phi) is 3.35. The number of aliphatic imine (C=N–C) groups is 1. The lowest BCUT2D eigenvalue weighted by Gasteiger charge is -1.83. The maximum Gasteiger partial charge on any atom is 0.241 e. The second-order valence-corrected chi connectivity index (χ2v) is 1.60. The van der Waals surface area contributed by atoms with Gasteiger partial charge >= 0.3 is 0 Å². The average molecular weight is 126 g/mol. The summed E-state index contributed by atoms with van der Waals surface area (Å²) < 4.78 is 0. The quantitative estimate of drug-likeness (QED) is 0.414. The van der Waals surface area contributed by atoms with E-state index in [1.807, 2.05) is 0 Å². The first-order valence-corrected chi connectivity index (χ1v) is 2.57. The van der Waals surface area contributed by atoms with E-state index in [2.05, 4.69) is 4.99 Å². The van der Waals surface area contributed by atoms with Crippen LogP contribution >= 0.6 is 0 Å². The van der Waals surface area contributed by atoms with Crippen LogP contribution in [0.15, 0.2) is 17.1 Å². The Labute approximate surface area is 54.3 Å². The lowest BCUT2D eigenvalue weighted by atomic mass is 10.3. The highest BCUT2D eigenvalue weighted by Crippen LogP contribution is 1.76. The van der Waals surface area contributed by atoms with Crippen LogP contribution in [0.25, 0.3) is 0 Å². The van der Waals surface area contributed by atoms with Gasteiger partial charge in [-0.1, -0.05) is 0 Å². The third kappa shape index (κ3) is 4.74. The summed E-state index contributed by atoms with van der Waals surface area (Å²) in [6.07, 6.45) is 2.85. The molecule has 0 atom stereocenters. The maximum absolute atomic E-state index is 10.1. The minimum Gasteiger partial charge on any atom is -0.366 e. The van der Waals surface area contributed by atoms with Crippen molar-refractivity contribution in [3.63, 3.8) is 0 Å². The van der Waals surface area contributed by atoms with Crippen molar-refractivity contribution < 1.29 is 4.79 Å². The number of primary amides is 1. The molecule has 0 radical (unpaired) electrons. The molecule has 1 amide bonds. The molecule has 0 aliphatic heterocycles. The Morgan fingerprint density at radius 2 is 2.11 bits per heavy atom. The summed E-state index contributed by atoms with van der Waals surface area (Å²) in [6, 6.07) is 0. The molecular formula is C6H10N2O.